The van der Waals surface area contributed by atoms with Gasteiger partial charge in [-0.2, -0.15) is 8.78 Å². The van der Waals surface area contributed by atoms with Gasteiger partial charge < -0.3 is 9.64 Å². The molecule has 0 aromatic heterocycles. The van der Waals surface area contributed by atoms with Crippen molar-refractivity contribution in [3.05, 3.63) is 62.8 Å². The minimum absolute atomic E-state index is 0.187. The van der Waals surface area contributed by atoms with Gasteiger partial charge in [0.1, 0.15) is 11.6 Å². The first-order chi connectivity index (χ1) is 13.4. The first kappa shape index (κ1) is 21.5. The Labute approximate surface area is 176 Å². The molecule has 1 aliphatic heterocycles. The fraction of sp³-hybridized carbons (Fsp3) is 0.429. The zero-order valence-corrected chi connectivity index (χ0v) is 17.7. The van der Waals surface area contributed by atoms with Gasteiger partial charge in [-0.3, -0.25) is 0 Å². The van der Waals surface area contributed by atoms with Crippen molar-refractivity contribution >= 4 is 27.5 Å². The van der Waals surface area contributed by atoms with Gasteiger partial charge in [0.15, 0.2) is 0 Å². The molecule has 3 rings (SSSR count). The summed E-state index contributed by atoms with van der Waals surface area (Å²) in [6, 6.07) is 9.75. The van der Waals surface area contributed by atoms with E-state index in [9.17, 15) is 13.2 Å². The number of rotatable bonds is 7. The van der Waals surface area contributed by atoms with E-state index in [0.29, 0.717) is 22.9 Å². The highest BCUT2D eigenvalue weighted by molar-refractivity contribution is 9.10. The van der Waals surface area contributed by atoms with Gasteiger partial charge in [0, 0.05) is 21.6 Å². The topological polar surface area (TPSA) is 12.5 Å². The van der Waals surface area contributed by atoms with Crippen LogP contribution in [-0.2, 0) is 12.8 Å². The van der Waals surface area contributed by atoms with Crippen LogP contribution in [0, 0.1) is 11.7 Å². The number of benzene rings is 2. The van der Waals surface area contributed by atoms with Crippen molar-refractivity contribution in [1.29, 1.82) is 0 Å². The van der Waals surface area contributed by atoms with Crippen molar-refractivity contribution in [3.63, 3.8) is 0 Å². The van der Waals surface area contributed by atoms with E-state index in [-0.39, 0.29) is 11.6 Å². The summed E-state index contributed by atoms with van der Waals surface area (Å²) in [5.41, 5.74) is 1.56. The molecule has 152 valence electrons. The van der Waals surface area contributed by atoms with Gasteiger partial charge in [0.2, 0.25) is 0 Å². The molecule has 0 atom stereocenters. The molecule has 0 amide bonds. The third-order valence-corrected chi connectivity index (χ3v) is 6.33. The quantitative estimate of drug-likeness (QED) is 0.462. The van der Waals surface area contributed by atoms with Crippen LogP contribution < -0.4 is 4.74 Å². The molecule has 1 fully saturated rings. The predicted octanol–water partition coefficient (Wildman–Crippen LogP) is 6.34. The number of likely N-dealkylation sites (tertiary alicyclic amines) is 1. The summed E-state index contributed by atoms with van der Waals surface area (Å²) in [5, 5.41) is 0.477. The van der Waals surface area contributed by atoms with E-state index in [1.165, 1.54) is 12.1 Å². The Morgan fingerprint density at radius 3 is 2.61 bits per heavy atom. The standard InChI is InChI=1S/C21H22BrClF3NO/c22-18-5-4-16(28-21(25)26)13-15(18)12-14-6-9-27(10-7-14)11-8-17-19(23)2-1-3-20(17)24/h1-5,13-14,21H,6-12H2. The Kier molecular flexibility index (Phi) is 7.66. The molecule has 0 radical (unpaired) electrons. The van der Waals surface area contributed by atoms with E-state index in [2.05, 4.69) is 25.6 Å². The maximum Gasteiger partial charge on any atom is 0.387 e. The summed E-state index contributed by atoms with van der Waals surface area (Å²) in [5.74, 6) is 0.414. The molecule has 2 nitrogen and oxygen atoms in total. The van der Waals surface area contributed by atoms with Crippen molar-refractivity contribution < 1.29 is 17.9 Å². The van der Waals surface area contributed by atoms with Crippen LogP contribution in [0.25, 0.3) is 0 Å². The van der Waals surface area contributed by atoms with Crippen LogP contribution in [0.15, 0.2) is 40.9 Å². The number of hydrogen-bond donors (Lipinski definition) is 0. The minimum Gasteiger partial charge on any atom is -0.435 e. The van der Waals surface area contributed by atoms with E-state index in [4.69, 9.17) is 11.6 Å². The normalized spacial score (nSPS) is 15.9. The maximum absolute atomic E-state index is 13.9. The lowest BCUT2D eigenvalue weighted by molar-refractivity contribution is -0.0499. The molecule has 0 N–H and O–H groups in total. The highest BCUT2D eigenvalue weighted by atomic mass is 79.9. The van der Waals surface area contributed by atoms with Crippen LogP contribution in [0.3, 0.4) is 0 Å². The SMILES string of the molecule is Fc1cccc(Cl)c1CCN1CCC(Cc2cc(OC(F)F)ccc2Br)CC1. The summed E-state index contributed by atoms with van der Waals surface area (Å²) in [7, 11) is 0. The van der Waals surface area contributed by atoms with Crippen LogP contribution in [-0.4, -0.2) is 31.1 Å². The van der Waals surface area contributed by atoms with E-state index in [0.717, 1.165) is 48.9 Å². The third-order valence-electron chi connectivity index (χ3n) is 5.20. The average molecular weight is 477 g/mol. The van der Waals surface area contributed by atoms with E-state index >= 15 is 0 Å². The first-order valence-electron chi connectivity index (χ1n) is 9.31. The summed E-state index contributed by atoms with van der Waals surface area (Å²) in [6.45, 7) is -0.182. The number of ether oxygens (including phenoxy) is 1. The molecule has 1 heterocycles. The Bertz CT molecular complexity index is 777. The average Bonchev–Trinajstić information content (AvgIpc) is 2.65. The molecule has 1 aliphatic rings. The fourth-order valence-electron chi connectivity index (χ4n) is 3.65. The van der Waals surface area contributed by atoms with Crippen molar-refractivity contribution in [1.82, 2.24) is 4.90 Å². The molecule has 2 aromatic carbocycles. The van der Waals surface area contributed by atoms with Gasteiger partial charge in [-0.25, -0.2) is 4.39 Å². The molecular weight excluding hydrogens is 455 g/mol. The lowest BCUT2D eigenvalue weighted by atomic mass is 9.90. The highest BCUT2D eigenvalue weighted by Crippen LogP contribution is 2.29. The number of hydrogen-bond acceptors (Lipinski definition) is 2. The monoisotopic (exact) mass is 475 g/mol. The summed E-state index contributed by atoms with van der Waals surface area (Å²) >= 11 is 9.60. The van der Waals surface area contributed by atoms with Gasteiger partial charge in [0.05, 0.1) is 0 Å². The molecule has 7 heteroatoms. The molecule has 1 saturated heterocycles. The highest BCUT2D eigenvalue weighted by Gasteiger charge is 2.21. The van der Waals surface area contributed by atoms with Gasteiger partial charge in [-0.15, -0.1) is 0 Å². The second kappa shape index (κ2) is 9.99. The van der Waals surface area contributed by atoms with Crippen LogP contribution in [0.1, 0.15) is 24.0 Å². The Morgan fingerprint density at radius 1 is 1.18 bits per heavy atom. The zero-order chi connectivity index (χ0) is 20.1. The van der Waals surface area contributed by atoms with E-state index < -0.39 is 6.61 Å². The van der Waals surface area contributed by atoms with Crippen LogP contribution in [0.5, 0.6) is 5.75 Å². The van der Waals surface area contributed by atoms with Crippen LogP contribution in [0.4, 0.5) is 13.2 Å². The third kappa shape index (κ3) is 5.88. The fourth-order valence-corrected chi connectivity index (χ4v) is 4.32. The molecule has 0 unspecified atom stereocenters. The Hall–Kier alpha value is -1.24. The molecule has 0 bridgehead atoms. The number of alkyl halides is 2. The van der Waals surface area contributed by atoms with Crippen LogP contribution in [0.2, 0.25) is 5.02 Å². The largest absolute Gasteiger partial charge is 0.435 e. The number of halogens is 5. The summed E-state index contributed by atoms with van der Waals surface area (Å²) < 4.78 is 44.2. The van der Waals surface area contributed by atoms with Crippen LogP contribution >= 0.6 is 27.5 Å². The Balaban J connectivity index is 1.50. The lowest BCUT2D eigenvalue weighted by Gasteiger charge is -2.32. The summed E-state index contributed by atoms with van der Waals surface area (Å²) in [6.07, 6.45) is 3.43. The van der Waals surface area contributed by atoms with E-state index in [1.54, 1.807) is 24.3 Å². The van der Waals surface area contributed by atoms with Crippen molar-refractivity contribution in [2.24, 2.45) is 5.92 Å². The van der Waals surface area contributed by atoms with Gasteiger partial charge in [0.25, 0.3) is 0 Å². The predicted molar refractivity (Wildman–Crippen MR) is 109 cm³/mol. The number of nitrogens with zero attached hydrogens (tertiary/aromatic N) is 1. The molecule has 0 spiro atoms. The summed E-state index contributed by atoms with van der Waals surface area (Å²) in [4.78, 5) is 2.32. The molecule has 0 aliphatic carbocycles. The maximum atomic E-state index is 13.9. The molecule has 0 saturated carbocycles. The molecular formula is C21H22BrClF3NO. The van der Waals surface area contributed by atoms with E-state index in [1.807, 2.05) is 0 Å². The van der Waals surface area contributed by atoms with Gasteiger partial charge in [-0.05, 0) is 80.6 Å². The van der Waals surface area contributed by atoms with Gasteiger partial charge >= 0.3 is 6.61 Å². The van der Waals surface area contributed by atoms with Crippen molar-refractivity contribution in [2.75, 3.05) is 19.6 Å². The lowest BCUT2D eigenvalue weighted by Crippen LogP contribution is -2.35. The first-order valence-corrected chi connectivity index (χ1v) is 10.5. The molecule has 2 aromatic rings. The minimum atomic E-state index is -2.82. The number of piperidine rings is 1. The second-order valence-corrected chi connectivity index (χ2v) is 8.33. The smallest absolute Gasteiger partial charge is 0.387 e. The van der Waals surface area contributed by atoms with Gasteiger partial charge in [-0.1, -0.05) is 33.6 Å². The molecule has 28 heavy (non-hydrogen) atoms. The van der Waals surface area contributed by atoms with Crippen molar-refractivity contribution in [3.8, 4) is 5.75 Å². The second-order valence-electron chi connectivity index (χ2n) is 7.07. The Morgan fingerprint density at radius 2 is 1.93 bits per heavy atom. The zero-order valence-electron chi connectivity index (χ0n) is 15.3. The van der Waals surface area contributed by atoms with Crippen molar-refractivity contribution in [2.45, 2.75) is 32.3 Å².